The minimum atomic E-state index is -4.97. The lowest BCUT2D eigenvalue weighted by Gasteiger charge is -2.17. The zero-order valence-corrected chi connectivity index (χ0v) is 14.8. The molecule has 1 fully saturated rings. The number of hydrogen-bond donors (Lipinski definition) is 2. The molecule has 0 unspecified atom stereocenters. The van der Waals surface area contributed by atoms with Crippen molar-refractivity contribution in [1.82, 2.24) is 0 Å². The summed E-state index contributed by atoms with van der Waals surface area (Å²) in [6.07, 6.45) is -3.68. The summed E-state index contributed by atoms with van der Waals surface area (Å²) in [5, 5.41) is 2.33. The molecule has 1 saturated carbocycles. The summed E-state index contributed by atoms with van der Waals surface area (Å²) in [4.78, 5) is 10.6. The summed E-state index contributed by atoms with van der Waals surface area (Å²) >= 11 is 0. The summed E-state index contributed by atoms with van der Waals surface area (Å²) in [5.74, 6) is -3.07. The van der Waals surface area contributed by atoms with Gasteiger partial charge in [0.25, 0.3) is 10.0 Å². The van der Waals surface area contributed by atoms with Crippen molar-refractivity contribution < 1.29 is 35.2 Å². The third-order valence-corrected chi connectivity index (χ3v) is 5.35. The van der Waals surface area contributed by atoms with Crippen molar-refractivity contribution >= 4 is 27.3 Å². The van der Waals surface area contributed by atoms with Gasteiger partial charge in [-0.1, -0.05) is 0 Å². The van der Waals surface area contributed by atoms with E-state index in [4.69, 9.17) is 0 Å². The predicted molar refractivity (Wildman–Crippen MR) is 90.0 cm³/mol. The monoisotopic (exact) mass is 420 g/mol. The van der Waals surface area contributed by atoms with Crippen LogP contribution >= 0.6 is 0 Å². The predicted octanol–water partition coefficient (Wildman–Crippen LogP) is 4.13. The first kappa shape index (κ1) is 20.1. The Labute approximate surface area is 156 Å². The zero-order chi connectivity index (χ0) is 20.7. The van der Waals surface area contributed by atoms with E-state index in [9.17, 15) is 35.2 Å². The van der Waals surface area contributed by atoms with E-state index in [1.165, 1.54) is 0 Å². The second-order valence-corrected chi connectivity index (χ2v) is 7.85. The van der Waals surface area contributed by atoms with Crippen molar-refractivity contribution in [3.05, 3.63) is 53.6 Å². The first-order valence-electron chi connectivity index (χ1n) is 7.97. The average Bonchev–Trinajstić information content (AvgIpc) is 3.42. The van der Waals surface area contributed by atoms with Crippen LogP contribution in [0.3, 0.4) is 0 Å². The number of halogens is 5. The van der Waals surface area contributed by atoms with Crippen molar-refractivity contribution in [1.29, 1.82) is 0 Å². The molecule has 3 rings (SSSR count). The molecular formula is C17H13F5N2O3S. The van der Waals surface area contributed by atoms with Gasteiger partial charge in [0.15, 0.2) is 0 Å². The number of nitrogens with one attached hydrogen (secondary N) is 2. The molecule has 0 heterocycles. The van der Waals surface area contributed by atoms with E-state index >= 15 is 0 Å². The van der Waals surface area contributed by atoms with Gasteiger partial charge in [-0.25, -0.2) is 17.2 Å². The van der Waals surface area contributed by atoms with Crippen molar-refractivity contribution in [3.8, 4) is 0 Å². The van der Waals surface area contributed by atoms with Crippen LogP contribution in [0, 0.1) is 17.6 Å². The Morgan fingerprint density at radius 3 is 2.32 bits per heavy atom. The Morgan fingerprint density at radius 2 is 1.71 bits per heavy atom. The standard InChI is InChI=1S/C17H13F5N2O3S/c18-10-3-5-13(19)15(7-10)28(26,27)24-14-6-4-11(8-12(14)17(20,21)22)23-16(25)9-1-2-9/h3-9,24H,1-2H2,(H,23,25). The fraction of sp³-hybridized carbons (Fsp3) is 0.235. The maximum atomic E-state index is 13.7. The van der Waals surface area contributed by atoms with Crippen molar-refractivity contribution in [2.24, 2.45) is 5.92 Å². The quantitative estimate of drug-likeness (QED) is 0.715. The lowest BCUT2D eigenvalue weighted by molar-refractivity contribution is -0.136. The molecule has 0 spiro atoms. The molecule has 0 bridgehead atoms. The van der Waals surface area contributed by atoms with Gasteiger partial charge >= 0.3 is 6.18 Å². The number of sulfonamides is 1. The largest absolute Gasteiger partial charge is 0.418 e. The van der Waals surface area contributed by atoms with Crippen LogP contribution < -0.4 is 10.0 Å². The Hall–Kier alpha value is -2.69. The highest BCUT2D eigenvalue weighted by Gasteiger charge is 2.36. The van der Waals surface area contributed by atoms with Crippen LogP contribution in [-0.4, -0.2) is 14.3 Å². The van der Waals surface area contributed by atoms with Crippen LogP contribution in [0.1, 0.15) is 18.4 Å². The Balaban J connectivity index is 1.96. The van der Waals surface area contributed by atoms with Crippen LogP contribution in [0.4, 0.5) is 33.3 Å². The van der Waals surface area contributed by atoms with Gasteiger partial charge in [0, 0.05) is 11.6 Å². The first-order chi connectivity index (χ1) is 13.0. The lowest BCUT2D eigenvalue weighted by atomic mass is 10.1. The molecule has 28 heavy (non-hydrogen) atoms. The molecular weight excluding hydrogens is 407 g/mol. The van der Waals surface area contributed by atoms with Gasteiger partial charge in [0.1, 0.15) is 16.5 Å². The molecule has 5 nitrogen and oxygen atoms in total. The summed E-state index contributed by atoms with van der Waals surface area (Å²) in [5.41, 5.74) is -2.44. The van der Waals surface area contributed by atoms with Crippen molar-refractivity contribution in [2.45, 2.75) is 23.9 Å². The van der Waals surface area contributed by atoms with Crippen LogP contribution in [0.5, 0.6) is 0 Å². The van der Waals surface area contributed by atoms with E-state index in [-0.39, 0.29) is 11.6 Å². The zero-order valence-electron chi connectivity index (χ0n) is 14.0. The summed E-state index contributed by atoms with van der Waals surface area (Å²) in [7, 11) is -4.84. The van der Waals surface area contributed by atoms with Gasteiger partial charge in [-0.3, -0.25) is 9.52 Å². The molecule has 150 valence electrons. The van der Waals surface area contributed by atoms with E-state index in [2.05, 4.69) is 5.32 Å². The summed E-state index contributed by atoms with van der Waals surface area (Å²) in [6, 6.07) is 4.02. The molecule has 2 aromatic rings. The SMILES string of the molecule is O=C(Nc1ccc(NS(=O)(=O)c2cc(F)ccc2F)c(C(F)(F)F)c1)C1CC1. The van der Waals surface area contributed by atoms with Crippen molar-refractivity contribution in [2.75, 3.05) is 10.0 Å². The third-order valence-electron chi connectivity index (χ3n) is 3.97. The highest BCUT2D eigenvalue weighted by molar-refractivity contribution is 7.92. The summed E-state index contributed by atoms with van der Waals surface area (Å²) in [6.45, 7) is 0. The number of benzene rings is 2. The molecule has 0 atom stereocenters. The lowest BCUT2D eigenvalue weighted by Crippen LogP contribution is -2.19. The molecule has 11 heteroatoms. The van der Waals surface area contributed by atoms with Gasteiger partial charge in [-0.2, -0.15) is 13.2 Å². The number of rotatable bonds is 5. The second kappa shape index (κ2) is 7.04. The third kappa shape index (κ3) is 4.41. The highest BCUT2D eigenvalue weighted by Crippen LogP contribution is 2.38. The van der Waals surface area contributed by atoms with Gasteiger partial charge < -0.3 is 5.32 Å². The van der Waals surface area contributed by atoms with Gasteiger partial charge in [0.05, 0.1) is 11.3 Å². The number of anilines is 2. The minimum absolute atomic E-state index is 0.163. The number of amides is 1. The van der Waals surface area contributed by atoms with E-state index in [1.807, 2.05) is 0 Å². The van der Waals surface area contributed by atoms with Crippen LogP contribution in [-0.2, 0) is 21.0 Å². The van der Waals surface area contributed by atoms with Crippen LogP contribution in [0.15, 0.2) is 41.3 Å². The Morgan fingerprint density at radius 1 is 1.04 bits per heavy atom. The second-order valence-electron chi connectivity index (χ2n) is 6.20. The normalized spacial score (nSPS) is 14.6. The fourth-order valence-corrected chi connectivity index (χ4v) is 3.59. The number of carbonyl (C=O) groups is 1. The topological polar surface area (TPSA) is 75.3 Å². The van der Waals surface area contributed by atoms with Crippen LogP contribution in [0.25, 0.3) is 0 Å². The van der Waals surface area contributed by atoms with Crippen LogP contribution in [0.2, 0.25) is 0 Å². The number of hydrogen-bond acceptors (Lipinski definition) is 3. The minimum Gasteiger partial charge on any atom is -0.326 e. The van der Waals surface area contributed by atoms with E-state index in [0.29, 0.717) is 37.1 Å². The maximum absolute atomic E-state index is 13.7. The number of alkyl halides is 3. The molecule has 1 aliphatic carbocycles. The van der Waals surface area contributed by atoms with Gasteiger partial charge in [-0.15, -0.1) is 0 Å². The maximum Gasteiger partial charge on any atom is 0.418 e. The molecule has 0 aliphatic heterocycles. The summed E-state index contributed by atoms with van der Waals surface area (Å²) < 4.78 is 93.3. The molecule has 0 aromatic heterocycles. The molecule has 0 radical (unpaired) electrons. The molecule has 0 saturated heterocycles. The fourth-order valence-electron chi connectivity index (χ4n) is 2.42. The van der Waals surface area contributed by atoms with E-state index in [0.717, 1.165) is 12.1 Å². The molecule has 2 N–H and O–H groups in total. The molecule has 1 aliphatic rings. The molecule has 1 amide bonds. The Bertz CT molecular complexity index is 1030. The van der Waals surface area contributed by atoms with Gasteiger partial charge in [0.2, 0.25) is 5.91 Å². The first-order valence-corrected chi connectivity index (χ1v) is 9.46. The smallest absolute Gasteiger partial charge is 0.326 e. The van der Waals surface area contributed by atoms with Gasteiger partial charge in [-0.05, 0) is 49.2 Å². The molecule has 2 aromatic carbocycles. The van der Waals surface area contributed by atoms with E-state index < -0.39 is 49.9 Å². The Kier molecular flexibility index (Phi) is 5.04. The average molecular weight is 420 g/mol. The van der Waals surface area contributed by atoms with Crippen molar-refractivity contribution in [3.63, 3.8) is 0 Å². The van der Waals surface area contributed by atoms with E-state index in [1.54, 1.807) is 4.72 Å². The number of carbonyl (C=O) groups excluding carboxylic acids is 1. The highest BCUT2D eigenvalue weighted by atomic mass is 32.2.